The summed E-state index contributed by atoms with van der Waals surface area (Å²) >= 11 is 17.9. The van der Waals surface area contributed by atoms with E-state index in [2.05, 4.69) is 5.32 Å². The first kappa shape index (κ1) is 21.8. The van der Waals surface area contributed by atoms with Crippen molar-refractivity contribution in [3.05, 3.63) is 45.4 Å². The Hall–Kier alpha value is -1.87. The topological polar surface area (TPSA) is 84.9 Å². The van der Waals surface area contributed by atoms with Crippen molar-refractivity contribution >= 4 is 62.1 Å². The van der Waals surface area contributed by atoms with Crippen LogP contribution < -0.4 is 19.1 Å². The minimum Gasteiger partial charge on any atom is -0.454 e. The molecule has 7 nitrogen and oxygen atoms in total. The molecule has 1 N–H and O–H groups in total. The summed E-state index contributed by atoms with van der Waals surface area (Å²) in [7, 11) is -3.56. The standard InChI is InChI=1S/C18H17Cl3N2O5S/c1-29(25,26)23(11-4-5-16-17(7-11)28-10-27-16)6-2-3-18(24)22-15-9-13(20)12(19)8-14(15)21/h4-5,7-9H,2-3,6,10H2,1H3,(H,22,24). The van der Waals surface area contributed by atoms with Gasteiger partial charge in [0.05, 0.1) is 32.7 Å². The number of rotatable bonds is 7. The third-order valence-corrected chi connectivity index (χ3v) is 6.32. The Morgan fingerprint density at radius 2 is 1.76 bits per heavy atom. The number of sulfonamides is 1. The molecule has 3 rings (SSSR count). The number of ether oxygens (including phenoxy) is 2. The molecule has 1 aliphatic rings. The van der Waals surface area contributed by atoms with Crippen molar-refractivity contribution in [1.82, 2.24) is 0 Å². The van der Waals surface area contributed by atoms with E-state index in [0.717, 1.165) is 6.26 Å². The van der Waals surface area contributed by atoms with E-state index in [1.807, 2.05) is 0 Å². The molecule has 11 heteroatoms. The van der Waals surface area contributed by atoms with Gasteiger partial charge in [-0.2, -0.15) is 0 Å². The lowest BCUT2D eigenvalue weighted by Gasteiger charge is -2.22. The summed E-state index contributed by atoms with van der Waals surface area (Å²) in [5.41, 5.74) is 0.770. The molecule has 2 aromatic carbocycles. The molecule has 0 aliphatic carbocycles. The molecular weight excluding hydrogens is 463 g/mol. The summed E-state index contributed by atoms with van der Waals surface area (Å²) in [6.45, 7) is 0.204. The zero-order valence-corrected chi connectivity index (χ0v) is 18.3. The minimum absolute atomic E-state index is 0.0765. The highest BCUT2D eigenvalue weighted by atomic mass is 35.5. The quantitative estimate of drug-likeness (QED) is 0.588. The van der Waals surface area contributed by atoms with E-state index in [1.54, 1.807) is 18.2 Å². The number of fused-ring (bicyclic) bond motifs is 1. The van der Waals surface area contributed by atoms with Gasteiger partial charge in [0.2, 0.25) is 22.7 Å². The molecule has 1 aliphatic heterocycles. The SMILES string of the molecule is CS(=O)(=O)N(CCCC(=O)Nc1cc(Cl)c(Cl)cc1Cl)c1ccc2c(c1)OCO2. The first-order valence-corrected chi connectivity index (χ1v) is 11.4. The lowest BCUT2D eigenvalue weighted by molar-refractivity contribution is -0.116. The van der Waals surface area contributed by atoms with Crippen molar-refractivity contribution < 1.29 is 22.7 Å². The van der Waals surface area contributed by atoms with Gasteiger partial charge in [0.1, 0.15) is 0 Å². The number of hydrogen-bond donors (Lipinski definition) is 1. The second-order valence-corrected chi connectivity index (χ2v) is 9.40. The molecule has 0 saturated carbocycles. The molecule has 29 heavy (non-hydrogen) atoms. The predicted molar refractivity (Wildman–Crippen MR) is 114 cm³/mol. The molecule has 1 heterocycles. The van der Waals surface area contributed by atoms with Crippen molar-refractivity contribution in [3.8, 4) is 11.5 Å². The summed E-state index contributed by atoms with van der Waals surface area (Å²) in [5, 5.41) is 3.44. The number of carbonyl (C=O) groups is 1. The van der Waals surface area contributed by atoms with Crippen LogP contribution in [0.15, 0.2) is 30.3 Å². The number of anilines is 2. The second kappa shape index (κ2) is 8.87. The number of nitrogens with one attached hydrogen (secondary N) is 1. The summed E-state index contributed by atoms with van der Waals surface area (Å²) in [5.74, 6) is 0.702. The van der Waals surface area contributed by atoms with E-state index in [4.69, 9.17) is 44.3 Å². The third kappa shape index (κ3) is 5.39. The first-order valence-electron chi connectivity index (χ1n) is 8.47. The lowest BCUT2D eigenvalue weighted by Crippen LogP contribution is -2.31. The van der Waals surface area contributed by atoms with Crippen LogP contribution in [0.25, 0.3) is 0 Å². The fraction of sp³-hybridized carbons (Fsp3) is 0.278. The molecule has 2 aromatic rings. The van der Waals surface area contributed by atoms with Gasteiger partial charge < -0.3 is 14.8 Å². The molecule has 0 fully saturated rings. The van der Waals surface area contributed by atoms with Crippen LogP contribution in [0.4, 0.5) is 11.4 Å². The van der Waals surface area contributed by atoms with Gasteiger partial charge in [-0.25, -0.2) is 8.42 Å². The highest BCUT2D eigenvalue weighted by molar-refractivity contribution is 7.92. The zero-order chi connectivity index (χ0) is 21.2. The van der Waals surface area contributed by atoms with Crippen LogP contribution in [0, 0.1) is 0 Å². The van der Waals surface area contributed by atoms with Crippen molar-refractivity contribution in [2.75, 3.05) is 29.2 Å². The molecule has 0 atom stereocenters. The van der Waals surface area contributed by atoms with Crippen LogP contribution in [0.2, 0.25) is 15.1 Å². The van der Waals surface area contributed by atoms with E-state index in [0.29, 0.717) is 22.9 Å². The molecule has 0 bridgehead atoms. The number of hydrogen-bond acceptors (Lipinski definition) is 5. The molecule has 0 spiro atoms. The number of amides is 1. The van der Waals surface area contributed by atoms with Gasteiger partial charge in [0.15, 0.2) is 11.5 Å². The highest BCUT2D eigenvalue weighted by Crippen LogP contribution is 2.36. The molecule has 0 radical (unpaired) electrons. The van der Waals surface area contributed by atoms with Crippen LogP contribution in [-0.4, -0.2) is 33.9 Å². The average Bonchev–Trinajstić information content (AvgIpc) is 3.10. The summed E-state index contributed by atoms with van der Waals surface area (Å²) in [6.07, 6.45) is 1.46. The average molecular weight is 480 g/mol. The smallest absolute Gasteiger partial charge is 0.232 e. The van der Waals surface area contributed by atoms with Crippen LogP contribution >= 0.6 is 34.8 Å². The maximum absolute atomic E-state index is 12.2. The highest BCUT2D eigenvalue weighted by Gasteiger charge is 2.21. The van der Waals surface area contributed by atoms with Crippen LogP contribution in [0.3, 0.4) is 0 Å². The maximum atomic E-state index is 12.2. The van der Waals surface area contributed by atoms with Gasteiger partial charge in [-0.05, 0) is 30.7 Å². The van der Waals surface area contributed by atoms with Gasteiger partial charge in [-0.3, -0.25) is 9.10 Å². The van der Waals surface area contributed by atoms with Gasteiger partial charge in [-0.1, -0.05) is 34.8 Å². The Kier molecular flexibility index (Phi) is 6.68. The third-order valence-electron chi connectivity index (χ3n) is 4.09. The number of benzene rings is 2. The molecule has 0 aromatic heterocycles. The van der Waals surface area contributed by atoms with Crippen molar-refractivity contribution in [1.29, 1.82) is 0 Å². The monoisotopic (exact) mass is 478 g/mol. The zero-order valence-electron chi connectivity index (χ0n) is 15.2. The summed E-state index contributed by atoms with van der Waals surface area (Å²) in [6, 6.07) is 7.77. The van der Waals surface area contributed by atoms with Crippen molar-refractivity contribution in [2.24, 2.45) is 0 Å². The van der Waals surface area contributed by atoms with Crippen LogP contribution in [0.1, 0.15) is 12.8 Å². The summed E-state index contributed by atoms with van der Waals surface area (Å²) < 4.78 is 36.2. The predicted octanol–water partition coefficient (Wildman–Crippen LogP) is 4.56. The Bertz CT molecular complexity index is 1050. The largest absolute Gasteiger partial charge is 0.454 e. The Labute approximate surface area is 183 Å². The van der Waals surface area contributed by atoms with Crippen LogP contribution in [0.5, 0.6) is 11.5 Å². The molecular formula is C18H17Cl3N2O5S. The lowest BCUT2D eigenvalue weighted by atomic mass is 10.2. The van der Waals surface area contributed by atoms with Gasteiger partial charge in [0.25, 0.3) is 0 Å². The fourth-order valence-electron chi connectivity index (χ4n) is 2.74. The van der Waals surface area contributed by atoms with Gasteiger partial charge in [0, 0.05) is 19.0 Å². The van der Waals surface area contributed by atoms with Crippen molar-refractivity contribution in [2.45, 2.75) is 12.8 Å². The molecule has 0 unspecified atom stereocenters. The molecule has 1 amide bonds. The maximum Gasteiger partial charge on any atom is 0.232 e. The van der Waals surface area contributed by atoms with Crippen LogP contribution in [-0.2, 0) is 14.8 Å². The normalized spacial score (nSPS) is 12.7. The van der Waals surface area contributed by atoms with Gasteiger partial charge in [-0.15, -0.1) is 0 Å². The summed E-state index contributed by atoms with van der Waals surface area (Å²) in [4.78, 5) is 12.2. The fourth-order valence-corrected chi connectivity index (χ4v) is 4.29. The van der Waals surface area contributed by atoms with E-state index < -0.39 is 10.0 Å². The van der Waals surface area contributed by atoms with E-state index in [1.165, 1.54) is 16.4 Å². The Morgan fingerprint density at radius 3 is 2.48 bits per heavy atom. The minimum atomic E-state index is -3.56. The van der Waals surface area contributed by atoms with E-state index >= 15 is 0 Å². The first-order chi connectivity index (χ1) is 13.6. The van der Waals surface area contributed by atoms with E-state index in [9.17, 15) is 13.2 Å². The Balaban J connectivity index is 1.63. The number of carbonyl (C=O) groups excluding carboxylic acids is 1. The van der Waals surface area contributed by atoms with E-state index in [-0.39, 0.29) is 47.2 Å². The molecule has 0 saturated heterocycles. The van der Waals surface area contributed by atoms with Gasteiger partial charge >= 0.3 is 0 Å². The number of nitrogens with zero attached hydrogens (tertiary/aromatic N) is 1. The molecule has 156 valence electrons. The Morgan fingerprint density at radius 1 is 1.07 bits per heavy atom. The van der Waals surface area contributed by atoms with Crippen molar-refractivity contribution in [3.63, 3.8) is 0 Å². The number of halogens is 3. The second-order valence-electron chi connectivity index (χ2n) is 6.27.